The van der Waals surface area contributed by atoms with Gasteiger partial charge in [-0.3, -0.25) is 14.4 Å². The Morgan fingerprint density at radius 2 is 1.84 bits per heavy atom. The number of ether oxygens (including phenoxy) is 1. The molecule has 2 fully saturated rings. The van der Waals surface area contributed by atoms with Gasteiger partial charge in [0.15, 0.2) is 0 Å². The van der Waals surface area contributed by atoms with Crippen molar-refractivity contribution in [3.05, 3.63) is 53.9 Å². The lowest BCUT2D eigenvalue weighted by Gasteiger charge is -2.38. The van der Waals surface area contributed by atoms with Gasteiger partial charge in [0, 0.05) is 38.1 Å². The highest BCUT2D eigenvalue weighted by Gasteiger charge is 2.31. The molecule has 166 valence electrons. The van der Waals surface area contributed by atoms with Crippen LogP contribution in [0.5, 0.6) is 0 Å². The first-order valence-corrected chi connectivity index (χ1v) is 11.9. The van der Waals surface area contributed by atoms with Crippen LogP contribution in [0.1, 0.15) is 36.8 Å². The van der Waals surface area contributed by atoms with Gasteiger partial charge in [0.1, 0.15) is 6.54 Å². The molecule has 0 N–H and O–H groups in total. The number of hydrogen-bond acceptors (Lipinski definition) is 4. The van der Waals surface area contributed by atoms with E-state index < -0.39 is 0 Å². The third-order valence-electron chi connectivity index (χ3n) is 7.33. The van der Waals surface area contributed by atoms with E-state index in [0.29, 0.717) is 18.5 Å². The number of amides is 1. The van der Waals surface area contributed by atoms with E-state index in [2.05, 4.69) is 39.2 Å². The molecule has 2 aliphatic heterocycles. The molecule has 1 aromatic heterocycles. The van der Waals surface area contributed by atoms with Crippen LogP contribution in [0.2, 0.25) is 0 Å². The van der Waals surface area contributed by atoms with E-state index in [-0.39, 0.29) is 12.0 Å². The number of hydrogen-bond donors (Lipinski definition) is 0. The van der Waals surface area contributed by atoms with E-state index >= 15 is 0 Å². The summed E-state index contributed by atoms with van der Waals surface area (Å²) in [5.41, 5.74) is 3.06. The maximum atomic E-state index is 13.1. The Hall–Kier alpha value is -2.18. The second kappa shape index (κ2) is 9.53. The van der Waals surface area contributed by atoms with Gasteiger partial charge in [-0.05, 0) is 74.7 Å². The van der Waals surface area contributed by atoms with Crippen molar-refractivity contribution < 1.29 is 9.53 Å². The van der Waals surface area contributed by atoms with Gasteiger partial charge in [-0.15, -0.1) is 0 Å². The van der Waals surface area contributed by atoms with Crippen LogP contribution in [0.3, 0.4) is 0 Å². The van der Waals surface area contributed by atoms with E-state index in [4.69, 9.17) is 4.74 Å². The summed E-state index contributed by atoms with van der Waals surface area (Å²) in [4.78, 5) is 17.8. The first kappa shape index (κ1) is 20.7. The Labute approximate surface area is 185 Å². The number of aromatic nitrogens is 2. The maximum Gasteiger partial charge on any atom is 0.244 e. The summed E-state index contributed by atoms with van der Waals surface area (Å²) < 4.78 is 7.58. The van der Waals surface area contributed by atoms with E-state index in [9.17, 15) is 4.79 Å². The topological polar surface area (TPSA) is 50.6 Å². The van der Waals surface area contributed by atoms with Crippen molar-refractivity contribution in [2.75, 3.05) is 32.8 Å². The van der Waals surface area contributed by atoms with Gasteiger partial charge in [-0.2, -0.15) is 5.10 Å². The third kappa shape index (κ3) is 5.01. The van der Waals surface area contributed by atoms with Gasteiger partial charge >= 0.3 is 0 Å². The molecular weight excluding hydrogens is 388 g/mol. The summed E-state index contributed by atoms with van der Waals surface area (Å²) in [6, 6.07) is 11.4. The molecule has 0 radical (unpaired) electrons. The number of fused-ring (bicyclic) bond motifs is 1. The zero-order valence-electron chi connectivity index (χ0n) is 18.4. The number of benzene rings is 1. The van der Waals surface area contributed by atoms with Crippen molar-refractivity contribution in [2.24, 2.45) is 5.92 Å². The van der Waals surface area contributed by atoms with Crippen molar-refractivity contribution in [3.63, 3.8) is 0 Å². The average Bonchev–Trinajstić information content (AvgIpc) is 3.55. The molecule has 3 heterocycles. The Morgan fingerprint density at radius 3 is 2.48 bits per heavy atom. The van der Waals surface area contributed by atoms with Crippen LogP contribution < -0.4 is 0 Å². The molecule has 1 aromatic carbocycles. The van der Waals surface area contributed by atoms with Crippen LogP contribution in [-0.4, -0.2) is 70.4 Å². The number of rotatable bonds is 7. The fraction of sp³-hybridized carbons (Fsp3) is 0.600. The summed E-state index contributed by atoms with van der Waals surface area (Å²) in [5, 5.41) is 4.22. The first-order chi connectivity index (χ1) is 15.2. The number of likely N-dealkylation sites (tertiary alicyclic amines) is 1. The van der Waals surface area contributed by atoms with E-state index in [1.165, 1.54) is 36.8 Å². The lowest BCUT2D eigenvalue weighted by molar-refractivity contribution is -0.134. The van der Waals surface area contributed by atoms with Crippen molar-refractivity contribution in [1.29, 1.82) is 0 Å². The van der Waals surface area contributed by atoms with Crippen LogP contribution in [-0.2, 0) is 28.9 Å². The Bertz CT molecular complexity index is 829. The monoisotopic (exact) mass is 422 g/mol. The Morgan fingerprint density at radius 1 is 1.06 bits per heavy atom. The fourth-order valence-electron chi connectivity index (χ4n) is 5.55. The number of piperidine rings is 1. The lowest BCUT2D eigenvalue weighted by Crippen LogP contribution is -2.46. The molecular formula is C25H34N4O2. The van der Waals surface area contributed by atoms with Gasteiger partial charge in [0.2, 0.25) is 5.91 Å². The second-order valence-corrected chi connectivity index (χ2v) is 9.45. The lowest BCUT2D eigenvalue weighted by atomic mass is 9.94. The van der Waals surface area contributed by atoms with Crippen molar-refractivity contribution in [1.82, 2.24) is 19.6 Å². The summed E-state index contributed by atoms with van der Waals surface area (Å²) >= 11 is 0. The molecule has 1 amide bonds. The van der Waals surface area contributed by atoms with Gasteiger partial charge in [0.05, 0.1) is 6.10 Å². The smallest absolute Gasteiger partial charge is 0.244 e. The zero-order chi connectivity index (χ0) is 21.0. The minimum Gasteiger partial charge on any atom is -0.376 e. The minimum atomic E-state index is 0.160. The highest BCUT2D eigenvalue weighted by atomic mass is 16.5. The summed E-state index contributed by atoms with van der Waals surface area (Å²) in [6.07, 6.45) is 10.7. The molecule has 31 heavy (non-hydrogen) atoms. The number of nitrogens with zero attached hydrogens (tertiary/aromatic N) is 4. The normalized spacial score (nSPS) is 22.6. The molecule has 0 bridgehead atoms. The molecule has 0 spiro atoms. The van der Waals surface area contributed by atoms with Gasteiger partial charge < -0.3 is 9.64 Å². The third-order valence-corrected chi connectivity index (χ3v) is 7.33. The molecule has 6 heteroatoms. The van der Waals surface area contributed by atoms with Gasteiger partial charge in [0.25, 0.3) is 0 Å². The Balaban J connectivity index is 1.15. The maximum absolute atomic E-state index is 13.1. The van der Waals surface area contributed by atoms with Crippen molar-refractivity contribution in [3.8, 4) is 0 Å². The van der Waals surface area contributed by atoms with Crippen LogP contribution in [0, 0.1) is 5.92 Å². The molecule has 0 saturated carbocycles. The highest BCUT2D eigenvalue weighted by molar-refractivity contribution is 5.76. The molecule has 3 aliphatic rings. The van der Waals surface area contributed by atoms with E-state index in [1.807, 2.05) is 12.3 Å². The summed E-state index contributed by atoms with van der Waals surface area (Å²) in [7, 11) is 0. The SMILES string of the molecule is O=C(Cn1cccn1)N(CC1CCN(C2Cc3ccccc3C2)CC1)CC1CCCO1. The zero-order valence-corrected chi connectivity index (χ0v) is 18.4. The van der Waals surface area contributed by atoms with E-state index in [1.54, 1.807) is 10.9 Å². The second-order valence-electron chi connectivity index (χ2n) is 9.45. The predicted octanol–water partition coefficient (Wildman–Crippen LogP) is 2.77. The van der Waals surface area contributed by atoms with Crippen molar-refractivity contribution >= 4 is 5.91 Å². The molecule has 2 saturated heterocycles. The predicted molar refractivity (Wildman–Crippen MR) is 120 cm³/mol. The van der Waals surface area contributed by atoms with Crippen LogP contribution in [0.25, 0.3) is 0 Å². The molecule has 5 rings (SSSR count). The van der Waals surface area contributed by atoms with Crippen LogP contribution in [0.15, 0.2) is 42.7 Å². The average molecular weight is 423 g/mol. The molecule has 1 aliphatic carbocycles. The number of carbonyl (C=O) groups excluding carboxylic acids is 1. The summed E-state index contributed by atoms with van der Waals surface area (Å²) in [5.74, 6) is 0.732. The van der Waals surface area contributed by atoms with Crippen molar-refractivity contribution in [2.45, 2.75) is 57.2 Å². The molecule has 2 aromatic rings. The minimum absolute atomic E-state index is 0.160. The molecule has 1 unspecified atom stereocenters. The molecule has 1 atom stereocenters. The largest absolute Gasteiger partial charge is 0.376 e. The summed E-state index contributed by atoms with van der Waals surface area (Å²) in [6.45, 7) is 5.00. The quantitative estimate of drug-likeness (QED) is 0.689. The van der Waals surface area contributed by atoms with Crippen LogP contribution in [0.4, 0.5) is 0 Å². The van der Waals surface area contributed by atoms with Crippen LogP contribution >= 0.6 is 0 Å². The first-order valence-electron chi connectivity index (χ1n) is 11.9. The van der Waals surface area contributed by atoms with Gasteiger partial charge in [-0.25, -0.2) is 0 Å². The Kier molecular flexibility index (Phi) is 6.37. The molecule has 6 nitrogen and oxygen atoms in total. The number of carbonyl (C=O) groups is 1. The fourth-order valence-corrected chi connectivity index (χ4v) is 5.55. The highest BCUT2D eigenvalue weighted by Crippen LogP contribution is 2.29. The van der Waals surface area contributed by atoms with E-state index in [0.717, 1.165) is 45.6 Å². The van der Waals surface area contributed by atoms with Gasteiger partial charge in [-0.1, -0.05) is 24.3 Å². The standard InChI is InChI=1S/C25H34N4O2/c30-25(19-29-11-4-10-26-29)28(18-24-7-3-14-31-24)17-20-8-12-27(13-9-20)23-15-21-5-1-2-6-22(21)16-23/h1-2,4-6,10-11,20,23-24H,3,7-9,12-19H2.